The van der Waals surface area contributed by atoms with Gasteiger partial charge in [0.25, 0.3) is 0 Å². The number of hydrogen-bond donors (Lipinski definition) is 3. The van der Waals surface area contributed by atoms with Crippen LogP contribution in [0.2, 0.25) is 0 Å². The van der Waals surface area contributed by atoms with Gasteiger partial charge in [-0.15, -0.1) is 0 Å². The standard InChI is InChI=1S/C74H144O17P2/c1-6-10-13-16-19-22-25-26-27-28-29-30-31-32-35-38-45-50-55-60-74(79)91-70(64-85-72(77)58-53-48-43-40-39-41-46-51-56-67(5)9-4)66-89-93(82,83)87-62-68(75)61-86-92(80,81)88-65-69(90-73(78)59-54-49-44-37-34-24-21-18-15-12-8-3)63-84-71(76)57-52-47-42-36-33-23-20-17-14-11-7-2/h67-70,75H,6-66H2,1-5H3,(H,80,81)(H,82,83)/t67?,68-,69+,70+/m0/s1. The molecule has 0 aromatic rings. The van der Waals surface area contributed by atoms with Crippen LogP contribution in [0.3, 0.4) is 0 Å². The fourth-order valence-corrected chi connectivity index (χ4v) is 12.9. The molecule has 0 radical (unpaired) electrons. The van der Waals surface area contributed by atoms with Crippen molar-refractivity contribution < 1.29 is 80.2 Å². The number of carbonyl (C=O) groups is 4. The molecule has 0 heterocycles. The molecule has 0 aliphatic rings. The maximum atomic E-state index is 13.1. The zero-order valence-corrected chi connectivity index (χ0v) is 62.2. The van der Waals surface area contributed by atoms with Crippen LogP contribution in [-0.4, -0.2) is 96.7 Å². The number of esters is 4. The number of aliphatic hydroxyl groups excluding tert-OH is 1. The lowest BCUT2D eigenvalue weighted by Crippen LogP contribution is -2.30. The number of hydrogen-bond acceptors (Lipinski definition) is 15. The Bertz CT molecular complexity index is 1790. The van der Waals surface area contributed by atoms with Crippen molar-refractivity contribution in [2.75, 3.05) is 39.6 Å². The monoisotopic (exact) mass is 1370 g/mol. The second-order valence-corrected chi connectivity index (χ2v) is 29.8. The highest BCUT2D eigenvalue weighted by Crippen LogP contribution is 2.45. The summed E-state index contributed by atoms with van der Waals surface area (Å²) in [6.07, 6.45) is 55.4. The Morgan fingerprint density at radius 3 is 0.763 bits per heavy atom. The highest BCUT2D eigenvalue weighted by molar-refractivity contribution is 7.47. The first-order valence-corrected chi connectivity index (χ1v) is 41.7. The first-order valence-electron chi connectivity index (χ1n) is 38.7. The Balaban J connectivity index is 5.22. The van der Waals surface area contributed by atoms with E-state index in [9.17, 15) is 43.2 Å². The summed E-state index contributed by atoms with van der Waals surface area (Å²) in [5.41, 5.74) is 0. The predicted octanol–water partition coefficient (Wildman–Crippen LogP) is 21.7. The first kappa shape index (κ1) is 91.1. The highest BCUT2D eigenvalue weighted by Gasteiger charge is 2.30. The second kappa shape index (κ2) is 67.3. The first-order chi connectivity index (χ1) is 45.1. The minimum atomic E-state index is -4.95. The maximum absolute atomic E-state index is 13.1. The number of ether oxygens (including phenoxy) is 4. The predicted molar refractivity (Wildman–Crippen MR) is 377 cm³/mol. The van der Waals surface area contributed by atoms with Crippen molar-refractivity contribution in [2.45, 2.75) is 406 Å². The van der Waals surface area contributed by atoms with Crippen molar-refractivity contribution >= 4 is 39.5 Å². The fourth-order valence-electron chi connectivity index (χ4n) is 11.3. The van der Waals surface area contributed by atoms with Crippen LogP contribution in [0.15, 0.2) is 0 Å². The van der Waals surface area contributed by atoms with E-state index >= 15 is 0 Å². The molecule has 0 aliphatic carbocycles. The summed E-state index contributed by atoms with van der Waals surface area (Å²) >= 11 is 0. The van der Waals surface area contributed by atoms with E-state index in [2.05, 4.69) is 34.6 Å². The van der Waals surface area contributed by atoms with Crippen molar-refractivity contribution in [3.05, 3.63) is 0 Å². The number of carbonyl (C=O) groups excluding carboxylic acids is 4. The Labute approximate surface area is 568 Å². The van der Waals surface area contributed by atoms with Gasteiger partial charge in [0, 0.05) is 25.7 Å². The van der Waals surface area contributed by atoms with Crippen LogP contribution in [0.5, 0.6) is 0 Å². The molecule has 17 nitrogen and oxygen atoms in total. The molecule has 0 saturated heterocycles. The molecular weight excluding hydrogens is 1220 g/mol. The zero-order chi connectivity index (χ0) is 68.4. The summed E-state index contributed by atoms with van der Waals surface area (Å²) in [6.45, 7) is 7.27. The van der Waals surface area contributed by atoms with E-state index < -0.39 is 97.5 Å². The summed E-state index contributed by atoms with van der Waals surface area (Å²) in [5, 5.41) is 10.6. The lowest BCUT2D eigenvalue weighted by molar-refractivity contribution is -0.161. The van der Waals surface area contributed by atoms with Crippen molar-refractivity contribution in [1.82, 2.24) is 0 Å². The van der Waals surface area contributed by atoms with Gasteiger partial charge in [0.2, 0.25) is 0 Å². The summed E-state index contributed by atoms with van der Waals surface area (Å²) < 4.78 is 68.4. The molecule has 0 amide bonds. The van der Waals surface area contributed by atoms with Gasteiger partial charge in [0.1, 0.15) is 19.3 Å². The molecule has 0 rings (SSSR count). The average molecular weight is 1370 g/mol. The van der Waals surface area contributed by atoms with E-state index in [0.717, 1.165) is 95.8 Å². The van der Waals surface area contributed by atoms with E-state index in [1.165, 1.54) is 212 Å². The third kappa shape index (κ3) is 67.0. The lowest BCUT2D eigenvalue weighted by atomic mass is 9.99. The number of unbranched alkanes of at least 4 members (excludes halogenated alkanes) is 45. The number of rotatable bonds is 74. The van der Waals surface area contributed by atoms with Gasteiger partial charge in [-0.25, -0.2) is 9.13 Å². The SMILES string of the molecule is CCCCCCCCCCCCCCCCCCCCCC(=O)O[C@H](COC(=O)CCCCCCCCCCC(C)CC)COP(=O)(O)OC[C@@H](O)COP(=O)(O)OC[C@@H](COC(=O)CCCCCCCCCCCCC)OC(=O)CCCCCCCCCCCCC. The van der Waals surface area contributed by atoms with Crippen molar-refractivity contribution in [1.29, 1.82) is 0 Å². The van der Waals surface area contributed by atoms with Crippen LogP contribution in [0.25, 0.3) is 0 Å². The number of aliphatic hydroxyl groups is 1. The molecule has 0 saturated carbocycles. The van der Waals surface area contributed by atoms with E-state index in [0.29, 0.717) is 25.7 Å². The summed E-state index contributed by atoms with van der Waals surface area (Å²) in [6, 6.07) is 0. The van der Waals surface area contributed by atoms with Gasteiger partial charge in [0.05, 0.1) is 26.4 Å². The molecule has 0 aliphatic heterocycles. The van der Waals surface area contributed by atoms with Crippen LogP contribution in [0.1, 0.15) is 388 Å². The third-order valence-electron chi connectivity index (χ3n) is 17.6. The molecule has 0 fully saturated rings. The normalized spacial score (nSPS) is 14.3. The minimum Gasteiger partial charge on any atom is -0.462 e. The molecule has 0 spiro atoms. The minimum absolute atomic E-state index is 0.107. The molecular formula is C74H144O17P2. The largest absolute Gasteiger partial charge is 0.472 e. The van der Waals surface area contributed by atoms with Crippen molar-refractivity contribution in [3.8, 4) is 0 Å². The topological polar surface area (TPSA) is 237 Å². The number of phosphoric ester groups is 2. The molecule has 6 atom stereocenters. The zero-order valence-electron chi connectivity index (χ0n) is 60.4. The summed E-state index contributed by atoms with van der Waals surface area (Å²) in [5.74, 6) is -1.34. The lowest BCUT2D eigenvalue weighted by Gasteiger charge is -2.21. The van der Waals surface area contributed by atoms with E-state index in [1.807, 2.05) is 0 Å². The van der Waals surface area contributed by atoms with Gasteiger partial charge in [-0.1, -0.05) is 336 Å². The molecule has 3 N–H and O–H groups in total. The van der Waals surface area contributed by atoms with Gasteiger partial charge in [-0.2, -0.15) is 0 Å². The Morgan fingerprint density at radius 2 is 0.516 bits per heavy atom. The summed E-state index contributed by atoms with van der Waals surface area (Å²) in [7, 11) is -9.90. The van der Waals surface area contributed by atoms with Gasteiger partial charge in [0.15, 0.2) is 12.2 Å². The van der Waals surface area contributed by atoms with Gasteiger partial charge < -0.3 is 33.8 Å². The van der Waals surface area contributed by atoms with Gasteiger partial charge in [-0.3, -0.25) is 37.3 Å². The van der Waals surface area contributed by atoms with Crippen LogP contribution in [0.4, 0.5) is 0 Å². The molecule has 0 aromatic carbocycles. The van der Waals surface area contributed by atoms with Crippen LogP contribution in [0, 0.1) is 5.92 Å². The van der Waals surface area contributed by atoms with Gasteiger partial charge in [-0.05, 0) is 31.6 Å². The average Bonchev–Trinajstić information content (AvgIpc) is 2.71. The Hall–Kier alpha value is -1.94. The molecule has 552 valence electrons. The maximum Gasteiger partial charge on any atom is 0.472 e. The van der Waals surface area contributed by atoms with Crippen molar-refractivity contribution in [3.63, 3.8) is 0 Å². The van der Waals surface area contributed by atoms with E-state index in [1.54, 1.807) is 0 Å². The van der Waals surface area contributed by atoms with E-state index in [-0.39, 0.29) is 25.7 Å². The quantitative estimate of drug-likeness (QED) is 0.0222. The second-order valence-electron chi connectivity index (χ2n) is 26.9. The Morgan fingerprint density at radius 1 is 0.301 bits per heavy atom. The highest BCUT2D eigenvalue weighted by atomic mass is 31.2. The molecule has 0 aromatic heterocycles. The molecule has 3 unspecified atom stereocenters. The van der Waals surface area contributed by atoms with Crippen LogP contribution >= 0.6 is 15.6 Å². The third-order valence-corrected chi connectivity index (χ3v) is 19.5. The molecule has 19 heteroatoms. The van der Waals surface area contributed by atoms with Crippen molar-refractivity contribution in [2.24, 2.45) is 5.92 Å². The molecule has 0 bridgehead atoms. The Kier molecular flexibility index (Phi) is 65.9. The van der Waals surface area contributed by atoms with Crippen LogP contribution < -0.4 is 0 Å². The van der Waals surface area contributed by atoms with Gasteiger partial charge >= 0.3 is 39.5 Å². The summed E-state index contributed by atoms with van der Waals surface area (Å²) in [4.78, 5) is 72.7. The fraction of sp³-hybridized carbons (Fsp3) is 0.946. The number of phosphoric acid groups is 2. The smallest absolute Gasteiger partial charge is 0.462 e. The van der Waals surface area contributed by atoms with Crippen LogP contribution in [-0.2, 0) is 65.4 Å². The van der Waals surface area contributed by atoms with E-state index in [4.69, 9.17) is 37.0 Å². The molecule has 93 heavy (non-hydrogen) atoms.